The maximum absolute atomic E-state index is 10.5. The van der Waals surface area contributed by atoms with E-state index in [-0.39, 0.29) is 17.8 Å². The maximum atomic E-state index is 10.5. The Balaban J connectivity index is 0.000000810. The highest BCUT2D eigenvalue weighted by Gasteiger charge is 2.12. The van der Waals surface area contributed by atoms with Crippen molar-refractivity contribution in [2.75, 3.05) is 13.1 Å². The summed E-state index contributed by atoms with van der Waals surface area (Å²) in [4.78, 5) is 12.2. The third kappa shape index (κ3) is 2.76. The quantitative estimate of drug-likeness (QED) is 0.417. The van der Waals surface area contributed by atoms with Gasteiger partial charge in [0.25, 0.3) is 0 Å². The van der Waals surface area contributed by atoms with Crippen LogP contribution in [0.2, 0.25) is 0 Å². The van der Waals surface area contributed by atoms with Crippen LogP contribution in [-0.2, 0) is 0 Å². The Bertz CT molecular complexity index is 112. The van der Waals surface area contributed by atoms with Gasteiger partial charge in [0.2, 0.25) is 0 Å². The number of hydrogen-bond acceptors (Lipinski definition) is 1. The Hall–Kier alpha value is 0.0500. The Labute approximate surface area is 71.9 Å². The molecule has 1 aliphatic heterocycles. The molecule has 60 valence electrons. The van der Waals surface area contributed by atoms with Crippen molar-refractivity contribution in [2.24, 2.45) is 0 Å². The summed E-state index contributed by atoms with van der Waals surface area (Å²) in [7, 11) is 0. The van der Waals surface area contributed by atoms with Gasteiger partial charge in [-0.3, -0.25) is 4.79 Å². The fourth-order valence-corrected chi connectivity index (χ4v) is 1.24. The van der Waals surface area contributed by atoms with Gasteiger partial charge in [-0.25, -0.2) is 0 Å². The number of amides is 1. The van der Waals surface area contributed by atoms with Gasteiger partial charge in [-0.15, -0.1) is 12.4 Å². The molecular weight excluding hydrogens is 173 g/mol. The summed E-state index contributed by atoms with van der Waals surface area (Å²) < 4.78 is 0. The number of likely N-dealkylation sites (tertiary alicyclic amines) is 1. The number of carbonyl (C=O) groups excluding carboxylic acids is 1. The van der Waals surface area contributed by atoms with Crippen molar-refractivity contribution in [3.8, 4) is 0 Å². The van der Waals surface area contributed by atoms with E-state index in [4.69, 9.17) is 11.6 Å². The summed E-state index contributed by atoms with van der Waals surface area (Å²) in [6.07, 6.45) is 3.46. The van der Waals surface area contributed by atoms with Crippen LogP contribution in [0.3, 0.4) is 0 Å². The van der Waals surface area contributed by atoms with Gasteiger partial charge < -0.3 is 4.90 Å². The number of hydrogen-bond donors (Lipinski definition) is 0. The average Bonchev–Trinajstić information content (AvgIpc) is 1.90. The van der Waals surface area contributed by atoms with E-state index >= 15 is 0 Å². The topological polar surface area (TPSA) is 20.3 Å². The lowest BCUT2D eigenvalue weighted by Gasteiger charge is -2.23. The maximum Gasteiger partial charge on any atom is 0.316 e. The molecule has 1 saturated heterocycles. The van der Waals surface area contributed by atoms with E-state index in [1.54, 1.807) is 4.90 Å². The van der Waals surface area contributed by atoms with E-state index in [2.05, 4.69) is 0 Å². The molecule has 0 aromatic carbocycles. The molecule has 0 spiro atoms. The zero-order valence-corrected chi connectivity index (χ0v) is 7.25. The smallest absolute Gasteiger partial charge is 0.316 e. The molecule has 0 aliphatic carbocycles. The summed E-state index contributed by atoms with van der Waals surface area (Å²) >= 11 is 5.24. The van der Waals surface area contributed by atoms with Gasteiger partial charge in [-0.1, -0.05) is 0 Å². The van der Waals surface area contributed by atoms with Crippen molar-refractivity contribution >= 4 is 29.4 Å². The molecule has 0 radical (unpaired) electrons. The first-order valence-corrected chi connectivity index (χ1v) is 3.63. The fourth-order valence-electron chi connectivity index (χ4n) is 1.07. The number of carbonyl (C=O) groups is 1. The summed E-state index contributed by atoms with van der Waals surface area (Å²) in [6.45, 7) is 1.70. The zero-order chi connectivity index (χ0) is 6.69. The second-order valence-corrected chi connectivity index (χ2v) is 2.62. The Morgan fingerprint density at radius 2 is 1.70 bits per heavy atom. The van der Waals surface area contributed by atoms with Crippen molar-refractivity contribution < 1.29 is 4.79 Å². The Morgan fingerprint density at radius 1 is 1.20 bits per heavy atom. The first-order chi connectivity index (χ1) is 4.30. The predicted molar refractivity (Wildman–Crippen MR) is 43.9 cm³/mol. The SMILES string of the molecule is Cl.O=C(Cl)N1CCCCC1. The minimum atomic E-state index is -0.297. The lowest BCUT2D eigenvalue weighted by molar-refractivity contribution is 0.210. The zero-order valence-electron chi connectivity index (χ0n) is 5.68. The van der Waals surface area contributed by atoms with Gasteiger partial charge in [0.15, 0.2) is 0 Å². The van der Waals surface area contributed by atoms with Gasteiger partial charge >= 0.3 is 5.37 Å². The monoisotopic (exact) mass is 183 g/mol. The molecule has 10 heavy (non-hydrogen) atoms. The lowest BCUT2D eigenvalue weighted by Crippen LogP contribution is -2.31. The van der Waals surface area contributed by atoms with Gasteiger partial charge in [-0.2, -0.15) is 0 Å². The highest BCUT2D eigenvalue weighted by Crippen LogP contribution is 2.09. The van der Waals surface area contributed by atoms with E-state index in [1.807, 2.05) is 0 Å². The van der Waals surface area contributed by atoms with Crippen LogP contribution in [-0.4, -0.2) is 23.4 Å². The van der Waals surface area contributed by atoms with Crippen molar-refractivity contribution in [1.29, 1.82) is 0 Å². The normalized spacial score (nSPS) is 17.9. The van der Waals surface area contributed by atoms with Gasteiger partial charge in [0, 0.05) is 13.1 Å². The summed E-state index contributed by atoms with van der Waals surface area (Å²) in [5, 5.41) is -0.297. The largest absolute Gasteiger partial charge is 0.329 e. The minimum absolute atomic E-state index is 0. The van der Waals surface area contributed by atoms with Crippen LogP contribution in [0.5, 0.6) is 0 Å². The standard InChI is InChI=1S/C6H10ClNO.ClH/c7-6(9)8-4-2-1-3-5-8;/h1-5H2;1H. The minimum Gasteiger partial charge on any atom is -0.329 e. The molecule has 0 saturated carbocycles. The van der Waals surface area contributed by atoms with Gasteiger partial charge in [0.1, 0.15) is 0 Å². The third-order valence-electron chi connectivity index (χ3n) is 1.60. The van der Waals surface area contributed by atoms with Crippen molar-refractivity contribution in [1.82, 2.24) is 4.90 Å². The number of rotatable bonds is 0. The first-order valence-electron chi connectivity index (χ1n) is 3.25. The molecule has 1 heterocycles. The van der Waals surface area contributed by atoms with Crippen LogP contribution in [0.4, 0.5) is 4.79 Å². The Kier molecular flexibility index (Phi) is 4.83. The van der Waals surface area contributed by atoms with E-state index in [1.165, 1.54) is 6.42 Å². The van der Waals surface area contributed by atoms with Crippen molar-refractivity contribution in [2.45, 2.75) is 19.3 Å². The predicted octanol–water partition coefficient (Wildman–Crippen LogP) is 2.25. The molecule has 0 bridgehead atoms. The molecule has 1 fully saturated rings. The Morgan fingerprint density at radius 3 is 2.00 bits per heavy atom. The molecule has 1 rings (SSSR count). The molecule has 1 aliphatic rings. The highest BCUT2D eigenvalue weighted by atomic mass is 35.5. The van der Waals surface area contributed by atoms with Crippen molar-refractivity contribution in [3.05, 3.63) is 0 Å². The second-order valence-electron chi connectivity index (χ2n) is 2.30. The van der Waals surface area contributed by atoms with Crippen LogP contribution in [0.1, 0.15) is 19.3 Å². The van der Waals surface area contributed by atoms with Crippen LogP contribution >= 0.6 is 24.0 Å². The summed E-state index contributed by atoms with van der Waals surface area (Å²) in [6, 6.07) is 0. The highest BCUT2D eigenvalue weighted by molar-refractivity contribution is 6.62. The average molecular weight is 184 g/mol. The molecule has 2 nitrogen and oxygen atoms in total. The fraction of sp³-hybridized carbons (Fsp3) is 0.833. The molecule has 4 heteroatoms. The van der Waals surface area contributed by atoms with Crippen LogP contribution in [0.15, 0.2) is 0 Å². The molecule has 0 unspecified atom stereocenters. The number of piperidine rings is 1. The van der Waals surface area contributed by atoms with E-state index in [9.17, 15) is 4.79 Å². The van der Waals surface area contributed by atoms with Crippen LogP contribution in [0, 0.1) is 0 Å². The summed E-state index contributed by atoms with van der Waals surface area (Å²) in [5.74, 6) is 0. The number of halogens is 2. The second kappa shape index (κ2) is 4.80. The molecule has 0 aromatic rings. The van der Waals surface area contributed by atoms with E-state index in [0.717, 1.165) is 25.9 Å². The number of nitrogens with zero attached hydrogens (tertiary/aromatic N) is 1. The summed E-state index contributed by atoms with van der Waals surface area (Å²) in [5.41, 5.74) is 0. The van der Waals surface area contributed by atoms with Gasteiger partial charge in [0.05, 0.1) is 0 Å². The van der Waals surface area contributed by atoms with E-state index in [0.29, 0.717) is 0 Å². The molecule has 0 N–H and O–H groups in total. The molecule has 0 atom stereocenters. The molecule has 1 amide bonds. The first kappa shape index (κ1) is 10.0. The molecular formula is C6H11Cl2NO. The molecule has 0 aromatic heterocycles. The van der Waals surface area contributed by atoms with E-state index < -0.39 is 0 Å². The third-order valence-corrected chi connectivity index (χ3v) is 1.84. The lowest BCUT2D eigenvalue weighted by atomic mass is 10.1. The van der Waals surface area contributed by atoms with Crippen molar-refractivity contribution in [3.63, 3.8) is 0 Å². The van der Waals surface area contributed by atoms with Gasteiger partial charge in [-0.05, 0) is 30.9 Å². The van der Waals surface area contributed by atoms with Crippen LogP contribution < -0.4 is 0 Å². The van der Waals surface area contributed by atoms with Crippen LogP contribution in [0.25, 0.3) is 0 Å².